The zero-order valence-corrected chi connectivity index (χ0v) is 20.4. The summed E-state index contributed by atoms with van der Waals surface area (Å²) in [6.07, 6.45) is 4.12. The number of rotatable bonds is 5. The van der Waals surface area contributed by atoms with Crippen molar-refractivity contribution >= 4 is 38.5 Å². The Balaban J connectivity index is 1.36. The molecule has 0 spiro atoms. The molecule has 2 aromatic heterocycles. The zero-order chi connectivity index (χ0) is 22.1. The Hall–Kier alpha value is -2.16. The smallest absolute Gasteiger partial charge is 0.180 e. The number of nitrogens with one attached hydrogen (secondary N) is 2. The van der Waals surface area contributed by atoms with Gasteiger partial charge in [-0.1, -0.05) is 0 Å². The van der Waals surface area contributed by atoms with Crippen LogP contribution in [0.4, 0.5) is 11.4 Å². The van der Waals surface area contributed by atoms with Gasteiger partial charge in [0.2, 0.25) is 0 Å². The summed E-state index contributed by atoms with van der Waals surface area (Å²) >= 11 is 3.70. The van der Waals surface area contributed by atoms with Crippen LogP contribution in [0.1, 0.15) is 26.7 Å². The first-order valence-corrected chi connectivity index (χ1v) is 12.4. The number of piperidine rings is 1. The summed E-state index contributed by atoms with van der Waals surface area (Å²) in [5.41, 5.74) is 5.04. The molecule has 2 aliphatic rings. The van der Waals surface area contributed by atoms with Crippen molar-refractivity contribution in [1.82, 2.24) is 19.9 Å². The van der Waals surface area contributed by atoms with Crippen LogP contribution in [0.25, 0.3) is 22.6 Å². The molecule has 0 bridgehead atoms. The molecule has 0 unspecified atom stereocenters. The van der Waals surface area contributed by atoms with Crippen LogP contribution in [0.15, 0.2) is 34.9 Å². The Labute approximate surface area is 197 Å². The monoisotopic (exact) mass is 498 g/mol. The lowest BCUT2D eigenvalue weighted by Crippen LogP contribution is -2.42. The van der Waals surface area contributed by atoms with Crippen molar-refractivity contribution in [2.75, 3.05) is 49.6 Å². The van der Waals surface area contributed by atoms with E-state index in [-0.39, 0.29) is 0 Å². The number of hydrogen-bond donors (Lipinski definition) is 2. The van der Waals surface area contributed by atoms with Crippen LogP contribution in [0, 0.1) is 0 Å². The molecule has 2 N–H and O–H groups in total. The second kappa shape index (κ2) is 9.37. The van der Waals surface area contributed by atoms with Gasteiger partial charge < -0.3 is 24.8 Å². The van der Waals surface area contributed by atoms with E-state index in [0.717, 1.165) is 84.9 Å². The van der Waals surface area contributed by atoms with E-state index >= 15 is 0 Å². The van der Waals surface area contributed by atoms with Crippen molar-refractivity contribution in [1.29, 1.82) is 0 Å². The van der Waals surface area contributed by atoms with Crippen molar-refractivity contribution in [3.63, 3.8) is 0 Å². The number of hydrogen-bond acceptors (Lipinski definition) is 6. The number of H-pyrrole nitrogens is 1. The number of pyridine rings is 1. The van der Waals surface area contributed by atoms with Crippen LogP contribution in [-0.4, -0.2) is 71.3 Å². The number of nitrogens with zero attached hydrogens (tertiary/aromatic N) is 4. The minimum atomic E-state index is 0.450. The van der Waals surface area contributed by atoms with Crippen molar-refractivity contribution in [2.45, 2.75) is 38.8 Å². The van der Waals surface area contributed by atoms with Crippen LogP contribution >= 0.6 is 15.9 Å². The molecule has 0 aliphatic carbocycles. The lowest BCUT2D eigenvalue weighted by molar-refractivity contribution is 0.122. The van der Waals surface area contributed by atoms with E-state index in [4.69, 9.17) is 9.72 Å². The largest absolute Gasteiger partial charge is 0.379 e. The Bertz CT molecular complexity index is 1050. The molecule has 0 radical (unpaired) electrons. The van der Waals surface area contributed by atoms with E-state index in [1.807, 2.05) is 6.20 Å². The van der Waals surface area contributed by atoms with Crippen molar-refractivity contribution in [3.8, 4) is 11.4 Å². The predicted octanol–water partition coefficient (Wildman–Crippen LogP) is 4.51. The molecule has 3 aromatic rings. The van der Waals surface area contributed by atoms with Gasteiger partial charge in [-0.3, -0.25) is 0 Å². The van der Waals surface area contributed by atoms with Crippen LogP contribution in [0.3, 0.4) is 0 Å². The average molecular weight is 499 g/mol. The fourth-order valence-corrected chi connectivity index (χ4v) is 5.04. The van der Waals surface area contributed by atoms with Gasteiger partial charge in [0.05, 0.1) is 23.4 Å². The van der Waals surface area contributed by atoms with E-state index in [2.05, 4.69) is 79.1 Å². The van der Waals surface area contributed by atoms with Gasteiger partial charge in [-0.15, -0.1) is 0 Å². The minimum absolute atomic E-state index is 0.450. The lowest BCUT2D eigenvalue weighted by Gasteiger charge is -2.35. The fraction of sp³-hybridized carbons (Fsp3) is 0.500. The number of fused-ring (bicyclic) bond motifs is 1. The molecule has 7 nitrogen and oxygen atoms in total. The summed E-state index contributed by atoms with van der Waals surface area (Å²) < 4.78 is 6.43. The maximum Gasteiger partial charge on any atom is 0.180 e. The van der Waals surface area contributed by atoms with Crippen molar-refractivity contribution in [3.05, 3.63) is 34.9 Å². The molecule has 170 valence electrons. The first kappa shape index (κ1) is 21.7. The van der Waals surface area contributed by atoms with Crippen molar-refractivity contribution < 1.29 is 4.74 Å². The van der Waals surface area contributed by atoms with E-state index in [9.17, 15) is 0 Å². The molecule has 2 fully saturated rings. The first-order valence-electron chi connectivity index (χ1n) is 11.6. The predicted molar refractivity (Wildman–Crippen MR) is 133 cm³/mol. The quantitative estimate of drug-likeness (QED) is 0.539. The summed E-state index contributed by atoms with van der Waals surface area (Å²) in [5.74, 6) is 0.844. The number of benzene rings is 1. The molecule has 8 heteroatoms. The van der Waals surface area contributed by atoms with Gasteiger partial charge in [0.1, 0.15) is 11.3 Å². The molecule has 0 saturated carbocycles. The molecule has 1 aromatic carbocycles. The highest BCUT2D eigenvalue weighted by molar-refractivity contribution is 9.10. The molecule has 32 heavy (non-hydrogen) atoms. The Morgan fingerprint density at radius 3 is 2.50 bits per heavy atom. The van der Waals surface area contributed by atoms with Crippen molar-refractivity contribution in [2.24, 2.45) is 0 Å². The summed E-state index contributed by atoms with van der Waals surface area (Å²) in [4.78, 5) is 17.8. The third kappa shape index (κ3) is 4.49. The fourth-order valence-electron chi connectivity index (χ4n) is 4.63. The number of ether oxygens (including phenoxy) is 1. The standard InChI is InChI=1S/C24H31BrN6O/c1-16(2)30-9-7-18(8-10-30)27-21-20(25)15-26-24-22(21)28-23(29-24)17-3-5-19(6-4-17)31-11-13-32-14-12-31/h3-6,15-16,18H,7-14H2,1-2H3,(H2,26,27,28,29). The van der Waals surface area contributed by atoms with E-state index in [1.165, 1.54) is 5.69 Å². The number of aromatic nitrogens is 3. The van der Waals surface area contributed by atoms with Gasteiger partial charge in [-0.05, 0) is 66.9 Å². The number of halogens is 1. The summed E-state index contributed by atoms with van der Waals surface area (Å²) in [7, 11) is 0. The van der Waals surface area contributed by atoms with Crippen LogP contribution < -0.4 is 10.2 Å². The third-order valence-electron chi connectivity index (χ3n) is 6.60. The van der Waals surface area contributed by atoms with E-state index in [0.29, 0.717) is 12.1 Å². The lowest BCUT2D eigenvalue weighted by atomic mass is 10.0. The van der Waals surface area contributed by atoms with Crippen LogP contribution in [-0.2, 0) is 4.74 Å². The third-order valence-corrected chi connectivity index (χ3v) is 7.20. The van der Waals surface area contributed by atoms with Gasteiger partial charge in [0.15, 0.2) is 5.65 Å². The highest BCUT2D eigenvalue weighted by Gasteiger charge is 2.23. The Morgan fingerprint density at radius 1 is 1.09 bits per heavy atom. The van der Waals surface area contributed by atoms with E-state index < -0.39 is 0 Å². The van der Waals surface area contributed by atoms with E-state index in [1.54, 1.807) is 0 Å². The minimum Gasteiger partial charge on any atom is -0.379 e. The highest BCUT2D eigenvalue weighted by Crippen LogP contribution is 2.33. The summed E-state index contributed by atoms with van der Waals surface area (Å²) in [6, 6.07) is 9.66. The van der Waals surface area contributed by atoms with Crippen LogP contribution in [0.5, 0.6) is 0 Å². The molecular weight excluding hydrogens is 468 g/mol. The van der Waals surface area contributed by atoms with Gasteiger partial charge in [0, 0.05) is 55.7 Å². The number of anilines is 2. The number of morpholine rings is 1. The first-order chi connectivity index (χ1) is 15.6. The zero-order valence-electron chi connectivity index (χ0n) is 18.8. The second-order valence-electron chi connectivity index (χ2n) is 8.96. The number of likely N-dealkylation sites (tertiary alicyclic amines) is 1. The Kier molecular flexibility index (Phi) is 6.35. The van der Waals surface area contributed by atoms with Crippen LogP contribution in [0.2, 0.25) is 0 Å². The molecule has 4 heterocycles. The van der Waals surface area contributed by atoms with Gasteiger partial charge in [-0.25, -0.2) is 9.97 Å². The maximum atomic E-state index is 5.46. The van der Waals surface area contributed by atoms with Gasteiger partial charge in [-0.2, -0.15) is 0 Å². The average Bonchev–Trinajstić information content (AvgIpc) is 3.27. The molecular formula is C24H31BrN6O. The summed E-state index contributed by atoms with van der Waals surface area (Å²) in [5, 5.41) is 3.77. The second-order valence-corrected chi connectivity index (χ2v) is 9.81. The summed E-state index contributed by atoms with van der Waals surface area (Å²) in [6.45, 7) is 10.3. The molecule has 0 amide bonds. The SMILES string of the molecule is CC(C)N1CCC(Nc2c(Br)cnc3nc(-c4ccc(N5CCOCC5)cc4)[nH]c23)CC1. The molecule has 5 rings (SSSR count). The molecule has 0 atom stereocenters. The number of imidazole rings is 1. The Morgan fingerprint density at radius 2 is 1.81 bits per heavy atom. The van der Waals surface area contributed by atoms with Gasteiger partial charge >= 0.3 is 0 Å². The number of aromatic amines is 1. The normalized spacial score (nSPS) is 18.6. The highest BCUT2D eigenvalue weighted by atomic mass is 79.9. The molecule has 2 aliphatic heterocycles. The maximum absolute atomic E-state index is 5.46. The molecule has 2 saturated heterocycles. The topological polar surface area (TPSA) is 69.3 Å². The van der Waals surface area contributed by atoms with Gasteiger partial charge in [0.25, 0.3) is 0 Å².